The minimum atomic E-state index is -0.0609. The molecule has 4 heteroatoms. The SMILES string of the molecule is Cc1cc(C(=O)N(C)Cc2cccc(N)c2)co1. The van der Waals surface area contributed by atoms with Crippen LogP contribution < -0.4 is 5.73 Å². The molecule has 2 rings (SSSR count). The Bertz CT molecular complexity index is 560. The van der Waals surface area contributed by atoms with Gasteiger partial charge in [0, 0.05) is 19.3 Å². The average molecular weight is 244 g/mol. The second-order valence-electron chi connectivity index (χ2n) is 4.35. The lowest BCUT2D eigenvalue weighted by Gasteiger charge is -2.16. The molecule has 1 aromatic heterocycles. The first-order valence-corrected chi connectivity index (χ1v) is 5.71. The van der Waals surface area contributed by atoms with E-state index in [9.17, 15) is 4.79 Å². The van der Waals surface area contributed by atoms with E-state index in [0.29, 0.717) is 17.8 Å². The van der Waals surface area contributed by atoms with E-state index in [4.69, 9.17) is 10.2 Å². The normalized spacial score (nSPS) is 10.3. The number of carbonyl (C=O) groups is 1. The number of hydrogen-bond acceptors (Lipinski definition) is 3. The molecule has 0 bridgehead atoms. The van der Waals surface area contributed by atoms with E-state index in [1.165, 1.54) is 6.26 Å². The lowest BCUT2D eigenvalue weighted by atomic mass is 10.2. The molecule has 2 aromatic rings. The first-order valence-electron chi connectivity index (χ1n) is 5.71. The van der Waals surface area contributed by atoms with Crippen molar-refractivity contribution in [3.8, 4) is 0 Å². The predicted molar refractivity (Wildman–Crippen MR) is 70.1 cm³/mol. The number of nitrogen functional groups attached to an aromatic ring is 1. The summed E-state index contributed by atoms with van der Waals surface area (Å²) in [5.41, 5.74) is 7.98. The Kier molecular flexibility index (Phi) is 3.37. The lowest BCUT2D eigenvalue weighted by Crippen LogP contribution is -2.25. The molecule has 0 saturated carbocycles. The van der Waals surface area contributed by atoms with Crippen LogP contribution in [0.3, 0.4) is 0 Å². The third-order valence-corrected chi connectivity index (χ3v) is 2.69. The molecule has 1 amide bonds. The fourth-order valence-electron chi connectivity index (χ4n) is 1.81. The lowest BCUT2D eigenvalue weighted by molar-refractivity contribution is 0.0784. The fraction of sp³-hybridized carbons (Fsp3) is 0.214. The van der Waals surface area contributed by atoms with E-state index in [0.717, 1.165) is 11.3 Å². The van der Waals surface area contributed by atoms with E-state index < -0.39 is 0 Å². The molecule has 0 unspecified atom stereocenters. The van der Waals surface area contributed by atoms with Gasteiger partial charge in [0.2, 0.25) is 0 Å². The highest BCUT2D eigenvalue weighted by atomic mass is 16.3. The first kappa shape index (κ1) is 12.2. The molecule has 0 atom stereocenters. The summed E-state index contributed by atoms with van der Waals surface area (Å²) in [7, 11) is 1.76. The maximum absolute atomic E-state index is 12.1. The highest BCUT2D eigenvalue weighted by Gasteiger charge is 2.14. The zero-order chi connectivity index (χ0) is 13.1. The number of nitrogens with two attached hydrogens (primary N) is 1. The number of rotatable bonds is 3. The van der Waals surface area contributed by atoms with Gasteiger partial charge < -0.3 is 15.1 Å². The van der Waals surface area contributed by atoms with Crippen molar-refractivity contribution in [2.75, 3.05) is 12.8 Å². The van der Waals surface area contributed by atoms with Crippen LogP contribution in [-0.4, -0.2) is 17.9 Å². The molecule has 0 radical (unpaired) electrons. The number of anilines is 1. The minimum Gasteiger partial charge on any atom is -0.469 e. The van der Waals surface area contributed by atoms with E-state index in [-0.39, 0.29) is 5.91 Å². The van der Waals surface area contributed by atoms with Crippen LogP contribution in [0.1, 0.15) is 21.7 Å². The van der Waals surface area contributed by atoms with Crippen molar-refractivity contribution in [2.24, 2.45) is 0 Å². The number of benzene rings is 1. The van der Waals surface area contributed by atoms with Crippen LogP contribution in [0.5, 0.6) is 0 Å². The van der Waals surface area contributed by atoms with Crippen LogP contribution in [0.15, 0.2) is 41.0 Å². The average Bonchev–Trinajstić information content (AvgIpc) is 2.75. The Hall–Kier alpha value is -2.23. The topological polar surface area (TPSA) is 59.5 Å². The standard InChI is InChI=1S/C14H16N2O2/c1-10-6-12(9-18-10)14(17)16(2)8-11-4-3-5-13(15)7-11/h3-7,9H,8,15H2,1-2H3. The minimum absolute atomic E-state index is 0.0609. The van der Waals surface area contributed by atoms with E-state index in [1.807, 2.05) is 31.2 Å². The van der Waals surface area contributed by atoms with Gasteiger partial charge in [0.25, 0.3) is 5.91 Å². The van der Waals surface area contributed by atoms with Gasteiger partial charge in [0.15, 0.2) is 0 Å². The number of hydrogen-bond donors (Lipinski definition) is 1. The summed E-state index contributed by atoms with van der Waals surface area (Å²) < 4.78 is 5.14. The maximum Gasteiger partial charge on any atom is 0.257 e. The van der Waals surface area contributed by atoms with E-state index in [2.05, 4.69) is 0 Å². The number of furan rings is 1. The maximum atomic E-state index is 12.1. The van der Waals surface area contributed by atoms with Gasteiger partial charge >= 0.3 is 0 Å². The molecule has 1 aromatic carbocycles. The van der Waals surface area contributed by atoms with Crippen molar-refractivity contribution in [3.63, 3.8) is 0 Å². The third-order valence-electron chi connectivity index (χ3n) is 2.69. The molecule has 0 aliphatic rings. The van der Waals surface area contributed by atoms with Crippen molar-refractivity contribution < 1.29 is 9.21 Å². The second-order valence-corrected chi connectivity index (χ2v) is 4.35. The molecule has 4 nitrogen and oxygen atoms in total. The molecular weight excluding hydrogens is 228 g/mol. The van der Waals surface area contributed by atoms with Gasteiger partial charge in [-0.15, -0.1) is 0 Å². The Labute approximate surface area is 106 Å². The van der Waals surface area contributed by atoms with Gasteiger partial charge in [-0.3, -0.25) is 4.79 Å². The Balaban J connectivity index is 2.08. The highest BCUT2D eigenvalue weighted by Crippen LogP contribution is 2.13. The van der Waals surface area contributed by atoms with Crippen LogP contribution in [0.25, 0.3) is 0 Å². The molecule has 18 heavy (non-hydrogen) atoms. The molecule has 0 saturated heterocycles. The molecular formula is C14H16N2O2. The Morgan fingerprint density at radius 1 is 1.39 bits per heavy atom. The Morgan fingerprint density at radius 3 is 2.78 bits per heavy atom. The summed E-state index contributed by atoms with van der Waals surface area (Å²) in [5.74, 6) is 0.671. The fourth-order valence-corrected chi connectivity index (χ4v) is 1.81. The van der Waals surface area contributed by atoms with Crippen LogP contribution in [0.4, 0.5) is 5.69 Å². The quantitative estimate of drug-likeness (QED) is 0.844. The summed E-state index contributed by atoms with van der Waals surface area (Å²) in [4.78, 5) is 13.7. The van der Waals surface area contributed by atoms with Gasteiger partial charge in [0.05, 0.1) is 5.56 Å². The van der Waals surface area contributed by atoms with Gasteiger partial charge in [-0.05, 0) is 30.7 Å². The Morgan fingerprint density at radius 2 is 2.17 bits per heavy atom. The molecule has 0 spiro atoms. The second kappa shape index (κ2) is 4.96. The smallest absolute Gasteiger partial charge is 0.257 e. The predicted octanol–water partition coefficient (Wildman–Crippen LogP) is 2.44. The molecule has 0 fully saturated rings. The van der Waals surface area contributed by atoms with Crippen LogP contribution in [0.2, 0.25) is 0 Å². The third kappa shape index (κ3) is 2.71. The van der Waals surface area contributed by atoms with Gasteiger partial charge in [-0.25, -0.2) is 0 Å². The number of amides is 1. The monoisotopic (exact) mass is 244 g/mol. The van der Waals surface area contributed by atoms with Crippen LogP contribution in [0, 0.1) is 6.92 Å². The molecule has 94 valence electrons. The van der Waals surface area contributed by atoms with Crippen LogP contribution in [-0.2, 0) is 6.54 Å². The van der Waals surface area contributed by atoms with Gasteiger partial charge in [-0.1, -0.05) is 12.1 Å². The number of carbonyl (C=O) groups excluding carboxylic acids is 1. The first-order chi connectivity index (χ1) is 8.56. The summed E-state index contributed by atoms with van der Waals surface area (Å²) in [6, 6.07) is 9.25. The number of nitrogens with zero attached hydrogens (tertiary/aromatic N) is 1. The van der Waals surface area contributed by atoms with Crippen molar-refractivity contribution in [3.05, 3.63) is 53.5 Å². The molecule has 0 aliphatic carbocycles. The highest BCUT2D eigenvalue weighted by molar-refractivity contribution is 5.93. The summed E-state index contributed by atoms with van der Waals surface area (Å²) in [5, 5.41) is 0. The molecule has 2 N–H and O–H groups in total. The summed E-state index contributed by atoms with van der Waals surface area (Å²) >= 11 is 0. The van der Waals surface area contributed by atoms with Crippen molar-refractivity contribution >= 4 is 11.6 Å². The largest absolute Gasteiger partial charge is 0.469 e. The molecule has 1 heterocycles. The summed E-state index contributed by atoms with van der Waals surface area (Å²) in [6.07, 6.45) is 1.48. The van der Waals surface area contributed by atoms with E-state index in [1.54, 1.807) is 18.0 Å². The van der Waals surface area contributed by atoms with Gasteiger partial charge in [0.1, 0.15) is 12.0 Å². The van der Waals surface area contributed by atoms with E-state index >= 15 is 0 Å². The van der Waals surface area contributed by atoms with Crippen LogP contribution >= 0.6 is 0 Å². The van der Waals surface area contributed by atoms with Crippen molar-refractivity contribution in [1.82, 2.24) is 4.90 Å². The summed E-state index contributed by atoms with van der Waals surface area (Å²) in [6.45, 7) is 2.34. The number of aryl methyl sites for hydroxylation is 1. The van der Waals surface area contributed by atoms with Crippen molar-refractivity contribution in [1.29, 1.82) is 0 Å². The zero-order valence-electron chi connectivity index (χ0n) is 10.5. The van der Waals surface area contributed by atoms with Gasteiger partial charge in [-0.2, -0.15) is 0 Å². The van der Waals surface area contributed by atoms with Crippen molar-refractivity contribution in [2.45, 2.75) is 13.5 Å². The molecule has 0 aliphatic heterocycles. The zero-order valence-corrected chi connectivity index (χ0v) is 10.5.